The molecule has 0 spiro atoms. The van der Waals surface area contributed by atoms with Crippen LogP contribution in [0.5, 0.6) is 0 Å². The van der Waals surface area contributed by atoms with Gasteiger partial charge in [-0.1, -0.05) is 218 Å². The summed E-state index contributed by atoms with van der Waals surface area (Å²) in [5.74, 6) is -0.147. The van der Waals surface area contributed by atoms with Crippen LogP contribution in [0.4, 0.5) is 0 Å². The Labute approximate surface area is 318 Å². The van der Waals surface area contributed by atoms with Crippen molar-refractivity contribution in [2.45, 2.75) is 257 Å². The molecule has 0 aromatic heterocycles. The monoisotopic (exact) mass is 720 g/mol. The van der Waals surface area contributed by atoms with Crippen LogP contribution in [-0.4, -0.2) is 46.1 Å². The molecule has 0 saturated carbocycles. The second-order valence-corrected chi connectivity index (χ2v) is 15.6. The lowest BCUT2D eigenvalue weighted by Crippen LogP contribution is -2.50. The van der Waals surface area contributed by atoms with E-state index in [1.54, 1.807) is 0 Å². The predicted molar refractivity (Wildman–Crippen MR) is 222 cm³/mol. The topological polar surface area (TPSA) is 89.8 Å². The van der Waals surface area contributed by atoms with E-state index in [2.05, 4.69) is 43.5 Å². The second-order valence-electron chi connectivity index (χ2n) is 15.6. The molecule has 302 valence electrons. The summed E-state index contributed by atoms with van der Waals surface area (Å²) in [7, 11) is 0. The second kappa shape index (κ2) is 41.6. The summed E-state index contributed by atoms with van der Waals surface area (Å²) in [5, 5.41) is 33.6. The van der Waals surface area contributed by atoms with Gasteiger partial charge in [0.2, 0.25) is 5.91 Å². The Morgan fingerprint density at radius 1 is 0.490 bits per heavy atom. The zero-order valence-electron chi connectivity index (χ0n) is 34.2. The van der Waals surface area contributed by atoms with Crippen LogP contribution in [0.1, 0.15) is 239 Å². The van der Waals surface area contributed by atoms with Crippen molar-refractivity contribution in [3.63, 3.8) is 0 Å². The summed E-state index contributed by atoms with van der Waals surface area (Å²) in [5.41, 5.74) is 0. The lowest BCUT2D eigenvalue weighted by atomic mass is 9.99. The molecule has 0 aromatic carbocycles. The highest BCUT2D eigenvalue weighted by Crippen LogP contribution is 2.17. The molecule has 5 heteroatoms. The van der Waals surface area contributed by atoms with E-state index in [0.29, 0.717) is 12.8 Å². The first kappa shape index (κ1) is 49.8. The summed E-state index contributed by atoms with van der Waals surface area (Å²) < 4.78 is 0. The zero-order valence-corrected chi connectivity index (χ0v) is 34.2. The van der Waals surface area contributed by atoms with Crippen molar-refractivity contribution in [1.29, 1.82) is 0 Å². The molecule has 0 heterocycles. The van der Waals surface area contributed by atoms with Crippen molar-refractivity contribution in [3.8, 4) is 0 Å². The van der Waals surface area contributed by atoms with Crippen molar-refractivity contribution < 1.29 is 20.1 Å². The third-order valence-electron chi connectivity index (χ3n) is 10.6. The van der Waals surface area contributed by atoms with E-state index in [1.165, 1.54) is 173 Å². The minimum absolute atomic E-state index is 0.147. The van der Waals surface area contributed by atoms with Gasteiger partial charge in [-0.15, -0.1) is 0 Å². The smallest absolute Gasteiger partial charge is 0.220 e. The van der Waals surface area contributed by atoms with E-state index in [9.17, 15) is 20.1 Å². The first-order chi connectivity index (χ1) is 25.1. The molecule has 0 fully saturated rings. The summed E-state index contributed by atoms with van der Waals surface area (Å²) in [6.45, 7) is 4.16. The zero-order chi connectivity index (χ0) is 37.3. The van der Waals surface area contributed by atoms with E-state index < -0.39 is 18.2 Å². The molecule has 3 unspecified atom stereocenters. The SMILES string of the molecule is CCCCC/C=C\C=C/CCCCCCCCCCCCC(=O)NC(CO)C(O)C(O)CCCCCCCCCCCCCCCCCCCC. The maximum Gasteiger partial charge on any atom is 0.220 e. The molecular formula is C46H89NO4. The average molecular weight is 720 g/mol. The molecule has 0 aliphatic rings. The van der Waals surface area contributed by atoms with Crippen LogP contribution in [0.15, 0.2) is 24.3 Å². The molecule has 1 amide bonds. The summed E-state index contributed by atoms with van der Waals surface area (Å²) in [6.07, 6.45) is 49.9. The van der Waals surface area contributed by atoms with E-state index in [1.807, 2.05) is 0 Å². The van der Waals surface area contributed by atoms with Gasteiger partial charge >= 0.3 is 0 Å². The number of aliphatic hydroxyl groups is 3. The van der Waals surface area contributed by atoms with Crippen LogP contribution < -0.4 is 5.32 Å². The third kappa shape index (κ3) is 37.0. The van der Waals surface area contributed by atoms with E-state index in [-0.39, 0.29) is 12.5 Å². The van der Waals surface area contributed by atoms with Crippen molar-refractivity contribution in [3.05, 3.63) is 24.3 Å². The van der Waals surface area contributed by atoms with Crippen molar-refractivity contribution in [1.82, 2.24) is 5.32 Å². The molecule has 51 heavy (non-hydrogen) atoms. The number of allylic oxidation sites excluding steroid dienone is 4. The fourth-order valence-corrected chi connectivity index (χ4v) is 7.04. The number of unbranched alkanes of at least 4 members (excludes halogenated alkanes) is 30. The lowest BCUT2D eigenvalue weighted by molar-refractivity contribution is -0.124. The quantitative estimate of drug-likeness (QED) is 0.0374. The van der Waals surface area contributed by atoms with Gasteiger partial charge in [-0.25, -0.2) is 0 Å². The standard InChI is InChI=1S/C46H89NO4/c1-3-5-7-9-11-13-15-17-19-21-23-25-27-29-31-33-35-37-39-41-45(50)47-43(42-48)46(51)44(49)40-38-36-34-32-30-28-26-24-22-20-18-16-14-12-10-8-6-4-2/h11,13,15,17,43-44,46,48-49,51H,3-10,12,14,16,18-42H2,1-2H3,(H,47,50)/b13-11-,17-15-. The first-order valence-electron chi connectivity index (χ1n) is 22.6. The molecule has 3 atom stereocenters. The number of nitrogens with one attached hydrogen (secondary N) is 1. The Bertz CT molecular complexity index is 754. The van der Waals surface area contributed by atoms with Crippen molar-refractivity contribution in [2.75, 3.05) is 6.61 Å². The first-order valence-corrected chi connectivity index (χ1v) is 22.6. The minimum atomic E-state index is -1.14. The molecule has 0 rings (SSSR count). The highest BCUT2D eigenvalue weighted by molar-refractivity contribution is 5.76. The lowest BCUT2D eigenvalue weighted by Gasteiger charge is -2.26. The molecule has 0 aliphatic heterocycles. The van der Waals surface area contributed by atoms with Crippen LogP contribution in [0.25, 0.3) is 0 Å². The van der Waals surface area contributed by atoms with E-state index in [4.69, 9.17) is 0 Å². The molecule has 4 N–H and O–H groups in total. The Hall–Kier alpha value is -1.17. The van der Waals surface area contributed by atoms with Gasteiger partial charge in [0.05, 0.1) is 18.8 Å². The van der Waals surface area contributed by atoms with Crippen LogP contribution >= 0.6 is 0 Å². The van der Waals surface area contributed by atoms with Gasteiger partial charge in [0.15, 0.2) is 0 Å². The van der Waals surface area contributed by atoms with Crippen LogP contribution in [0.2, 0.25) is 0 Å². The molecule has 0 saturated heterocycles. The predicted octanol–water partition coefficient (Wildman–Crippen LogP) is 13.0. The molecule has 0 aliphatic carbocycles. The van der Waals surface area contributed by atoms with Gasteiger partial charge in [0, 0.05) is 6.42 Å². The number of carbonyl (C=O) groups excluding carboxylic acids is 1. The van der Waals surface area contributed by atoms with Gasteiger partial charge < -0.3 is 20.6 Å². The van der Waals surface area contributed by atoms with E-state index in [0.717, 1.165) is 38.5 Å². The number of hydrogen-bond donors (Lipinski definition) is 4. The number of rotatable bonds is 41. The largest absolute Gasteiger partial charge is 0.394 e. The number of carbonyl (C=O) groups is 1. The highest BCUT2D eigenvalue weighted by Gasteiger charge is 2.26. The Morgan fingerprint density at radius 2 is 0.824 bits per heavy atom. The summed E-state index contributed by atoms with van der Waals surface area (Å²) in [4.78, 5) is 12.4. The maximum absolute atomic E-state index is 12.4. The Kier molecular flexibility index (Phi) is 40.6. The van der Waals surface area contributed by atoms with Crippen LogP contribution in [0, 0.1) is 0 Å². The number of aliphatic hydroxyl groups excluding tert-OH is 3. The molecule has 0 radical (unpaired) electrons. The van der Waals surface area contributed by atoms with Crippen LogP contribution in [-0.2, 0) is 4.79 Å². The summed E-state index contributed by atoms with van der Waals surface area (Å²) in [6, 6.07) is -0.809. The molecular weight excluding hydrogens is 631 g/mol. The number of hydrogen-bond acceptors (Lipinski definition) is 4. The normalized spacial score (nSPS) is 13.7. The van der Waals surface area contributed by atoms with E-state index >= 15 is 0 Å². The third-order valence-corrected chi connectivity index (χ3v) is 10.6. The summed E-state index contributed by atoms with van der Waals surface area (Å²) >= 11 is 0. The highest BCUT2D eigenvalue weighted by atomic mass is 16.3. The van der Waals surface area contributed by atoms with Crippen molar-refractivity contribution in [2.24, 2.45) is 0 Å². The van der Waals surface area contributed by atoms with Gasteiger partial charge in [-0.2, -0.15) is 0 Å². The molecule has 0 aromatic rings. The molecule has 5 nitrogen and oxygen atoms in total. The maximum atomic E-state index is 12.4. The van der Waals surface area contributed by atoms with Crippen molar-refractivity contribution >= 4 is 5.91 Å². The fraction of sp³-hybridized carbons (Fsp3) is 0.891. The fourth-order valence-electron chi connectivity index (χ4n) is 7.04. The molecule has 0 bridgehead atoms. The van der Waals surface area contributed by atoms with Gasteiger partial charge in [0.1, 0.15) is 6.10 Å². The average Bonchev–Trinajstić information content (AvgIpc) is 3.13. The van der Waals surface area contributed by atoms with Gasteiger partial charge in [-0.3, -0.25) is 4.79 Å². The van der Waals surface area contributed by atoms with Crippen LogP contribution in [0.3, 0.4) is 0 Å². The number of amides is 1. The Morgan fingerprint density at radius 3 is 1.24 bits per heavy atom. The van der Waals surface area contributed by atoms with Gasteiger partial charge in [-0.05, 0) is 38.5 Å². The Balaban J connectivity index is 3.61. The minimum Gasteiger partial charge on any atom is -0.394 e. The van der Waals surface area contributed by atoms with Gasteiger partial charge in [0.25, 0.3) is 0 Å².